The Morgan fingerprint density at radius 2 is 2.17 bits per heavy atom. The molecule has 1 saturated carbocycles. The van der Waals surface area contributed by atoms with Gasteiger partial charge in [0.1, 0.15) is 0 Å². The summed E-state index contributed by atoms with van der Waals surface area (Å²) in [4.78, 5) is 14.0. The van der Waals surface area contributed by atoms with Gasteiger partial charge >= 0.3 is 6.03 Å². The van der Waals surface area contributed by atoms with E-state index in [4.69, 9.17) is 5.11 Å². The van der Waals surface area contributed by atoms with Crippen LogP contribution in [0.3, 0.4) is 0 Å². The molecule has 1 rings (SSSR count). The maximum atomic E-state index is 11.7. The second kappa shape index (κ2) is 7.59. The number of hydrogen-bond donors (Lipinski definition) is 3. The van der Waals surface area contributed by atoms with Crippen molar-refractivity contribution in [3.63, 3.8) is 0 Å². The van der Waals surface area contributed by atoms with Gasteiger partial charge in [0, 0.05) is 31.3 Å². The van der Waals surface area contributed by atoms with Crippen LogP contribution < -0.4 is 10.6 Å². The van der Waals surface area contributed by atoms with Crippen molar-refractivity contribution in [2.75, 3.05) is 20.2 Å². The summed E-state index contributed by atoms with van der Waals surface area (Å²) in [6, 6.07) is 1.00. The quantitative estimate of drug-likeness (QED) is 0.606. The SMILES string of the molecule is CCC(CCO)NC(=O)NCC(C)N(C)C1CC1. The molecule has 18 heavy (non-hydrogen) atoms. The molecule has 1 aliphatic rings. The molecule has 0 aromatic rings. The number of carbonyl (C=O) groups is 1. The fourth-order valence-corrected chi connectivity index (χ4v) is 2.00. The average molecular weight is 257 g/mol. The fraction of sp³-hybridized carbons (Fsp3) is 0.923. The number of hydrogen-bond acceptors (Lipinski definition) is 3. The fourth-order valence-electron chi connectivity index (χ4n) is 2.00. The molecule has 0 aromatic carbocycles. The number of nitrogens with one attached hydrogen (secondary N) is 2. The summed E-state index contributed by atoms with van der Waals surface area (Å²) >= 11 is 0. The van der Waals surface area contributed by atoms with Gasteiger partial charge in [-0.3, -0.25) is 4.90 Å². The first-order valence-electron chi connectivity index (χ1n) is 6.95. The van der Waals surface area contributed by atoms with Gasteiger partial charge in [0.05, 0.1) is 0 Å². The van der Waals surface area contributed by atoms with Crippen molar-refractivity contribution in [1.82, 2.24) is 15.5 Å². The van der Waals surface area contributed by atoms with Crippen molar-refractivity contribution in [3.05, 3.63) is 0 Å². The number of carbonyl (C=O) groups excluding carboxylic acids is 1. The Morgan fingerprint density at radius 3 is 2.67 bits per heavy atom. The minimum Gasteiger partial charge on any atom is -0.396 e. The standard InChI is InChI=1S/C13H27N3O2/c1-4-11(7-8-17)15-13(18)14-9-10(2)16(3)12-5-6-12/h10-12,17H,4-9H2,1-3H3,(H2,14,15,18). The van der Waals surface area contributed by atoms with Gasteiger partial charge in [0.15, 0.2) is 0 Å². The van der Waals surface area contributed by atoms with Crippen LogP contribution in [0.1, 0.15) is 39.5 Å². The Kier molecular flexibility index (Phi) is 6.43. The topological polar surface area (TPSA) is 64.6 Å². The molecule has 3 N–H and O–H groups in total. The van der Waals surface area contributed by atoms with Crippen LogP contribution >= 0.6 is 0 Å². The number of nitrogens with zero attached hydrogens (tertiary/aromatic N) is 1. The highest BCUT2D eigenvalue weighted by molar-refractivity contribution is 5.74. The van der Waals surface area contributed by atoms with Gasteiger partial charge in [-0.2, -0.15) is 0 Å². The monoisotopic (exact) mass is 257 g/mol. The number of rotatable bonds is 8. The van der Waals surface area contributed by atoms with Crippen LogP contribution in [0.15, 0.2) is 0 Å². The minimum absolute atomic E-state index is 0.0615. The van der Waals surface area contributed by atoms with Crippen molar-refractivity contribution >= 4 is 6.03 Å². The lowest BCUT2D eigenvalue weighted by molar-refractivity contribution is 0.215. The van der Waals surface area contributed by atoms with Crippen molar-refractivity contribution < 1.29 is 9.90 Å². The summed E-state index contributed by atoms with van der Waals surface area (Å²) in [7, 11) is 2.11. The lowest BCUT2D eigenvalue weighted by Gasteiger charge is -2.25. The molecule has 0 bridgehead atoms. The molecule has 0 aromatic heterocycles. The maximum absolute atomic E-state index is 11.7. The van der Waals surface area contributed by atoms with E-state index in [2.05, 4.69) is 29.5 Å². The van der Waals surface area contributed by atoms with E-state index in [9.17, 15) is 4.79 Å². The van der Waals surface area contributed by atoms with Crippen LogP contribution in [-0.4, -0.2) is 54.4 Å². The number of aliphatic hydroxyl groups excluding tert-OH is 1. The van der Waals surface area contributed by atoms with Gasteiger partial charge in [-0.25, -0.2) is 4.79 Å². The van der Waals surface area contributed by atoms with Crippen molar-refractivity contribution in [3.8, 4) is 0 Å². The third-order valence-corrected chi connectivity index (χ3v) is 3.68. The highest BCUT2D eigenvalue weighted by Crippen LogP contribution is 2.26. The first kappa shape index (κ1) is 15.2. The second-order valence-corrected chi connectivity index (χ2v) is 5.22. The van der Waals surface area contributed by atoms with E-state index in [0.29, 0.717) is 25.0 Å². The molecular formula is C13H27N3O2. The van der Waals surface area contributed by atoms with Gasteiger partial charge in [-0.1, -0.05) is 6.92 Å². The summed E-state index contributed by atoms with van der Waals surface area (Å²) in [5.74, 6) is 0. The largest absolute Gasteiger partial charge is 0.396 e. The van der Waals surface area contributed by atoms with Crippen molar-refractivity contribution in [1.29, 1.82) is 0 Å². The van der Waals surface area contributed by atoms with Crippen LogP contribution in [0.5, 0.6) is 0 Å². The van der Waals surface area contributed by atoms with E-state index in [1.165, 1.54) is 12.8 Å². The summed E-state index contributed by atoms with van der Waals surface area (Å²) < 4.78 is 0. The second-order valence-electron chi connectivity index (χ2n) is 5.22. The molecule has 0 aliphatic heterocycles. The molecule has 0 spiro atoms. The third kappa shape index (κ3) is 5.23. The molecule has 5 heteroatoms. The minimum atomic E-state index is -0.133. The zero-order valence-electron chi connectivity index (χ0n) is 11.8. The van der Waals surface area contributed by atoms with E-state index < -0.39 is 0 Å². The van der Waals surface area contributed by atoms with E-state index in [-0.39, 0.29) is 18.7 Å². The lowest BCUT2D eigenvalue weighted by atomic mass is 10.2. The Labute approximate surface area is 110 Å². The number of urea groups is 1. The van der Waals surface area contributed by atoms with Gasteiger partial charge in [0.2, 0.25) is 0 Å². The highest BCUT2D eigenvalue weighted by atomic mass is 16.3. The van der Waals surface area contributed by atoms with Crippen molar-refractivity contribution in [2.24, 2.45) is 0 Å². The van der Waals surface area contributed by atoms with E-state index in [1.54, 1.807) is 0 Å². The molecular weight excluding hydrogens is 230 g/mol. The van der Waals surface area contributed by atoms with Gasteiger partial charge in [-0.05, 0) is 39.7 Å². The molecule has 0 heterocycles. The predicted octanol–water partition coefficient (Wildman–Crippen LogP) is 0.929. The third-order valence-electron chi connectivity index (χ3n) is 3.68. The summed E-state index contributed by atoms with van der Waals surface area (Å²) in [6.45, 7) is 4.90. The van der Waals surface area contributed by atoms with Crippen LogP contribution in [0, 0.1) is 0 Å². The Morgan fingerprint density at radius 1 is 1.50 bits per heavy atom. The number of amides is 2. The van der Waals surface area contributed by atoms with E-state index in [1.807, 2.05) is 6.92 Å². The smallest absolute Gasteiger partial charge is 0.315 e. The predicted molar refractivity (Wildman–Crippen MR) is 72.6 cm³/mol. The molecule has 2 atom stereocenters. The number of likely N-dealkylation sites (N-methyl/N-ethyl adjacent to an activating group) is 1. The number of aliphatic hydroxyl groups is 1. The highest BCUT2D eigenvalue weighted by Gasteiger charge is 2.29. The lowest BCUT2D eigenvalue weighted by Crippen LogP contribution is -2.47. The first-order valence-corrected chi connectivity index (χ1v) is 6.95. The molecule has 1 fully saturated rings. The van der Waals surface area contributed by atoms with Crippen molar-refractivity contribution in [2.45, 2.75) is 57.7 Å². The molecule has 106 valence electrons. The Bertz CT molecular complexity index is 257. The molecule has 5 nitrogen and oxygen atoms in total. The molecule has 2 unspecified atom stereocenters. The maximum Gasteiger partial charge on any atom is 0.315 e. The van der Waals surface area contributed by atoms with Crippen LogP contribution in [0.25, 0.3) is 0 Å². The Hall–Kier alpha value is -0.810. The summed E-state index contributed by atoms with van der Waals surface area (Å²) in [6.07, 6.45) is 4.01. The zero-order chi connectivity index (χ0) is 13.5. The van der Waals surface area contributed by atoms with Gasteiger partial charge < -0.3 is 15.7 Å². The van der Waals surface area contributed by atoms with Crippen LogP contribution in [0.2, 0.25) is 0 Å². The summed E-state index contributed by atoms with van der Waals surface area (Å²) in [5.41, 5.74) is 0. The average Bonchev–Trinajstić information content (AvgIpc) is 3.18. The normalized spacial score (nSPS) is 18.5. The molecule has 0 saturated heterocycles. The first-order chi connectivity index (χ1) is 8.58. The molecule has 0 radical (unpaired) electrons. The Balaban J connectivity index is 2.18. The van der Waals surface area contributed by atoms with E-state index in [0.717, 1.165) is 6.42 Å². The van der Waals surface area contributed by atoms with Gasteiger partial charge in [0.25, 0.3) is 0 Å². The summed E-state index contributed by atoms with van der Waals surface area (Å²) in [5, 5.41) is 14.6. The zero-order valence-corrected chi connectivity index (χ0v) is 11.8. The van der Waals surface area contributed by atoms with Crippen LogP contribution in [0.4, 0.5) is 4.79 Å². The van der Waals surface area contributed by atoms with Crippen LogP contribution in [-0.2, 0) is 0 Å². The molecule has 2 amide bonds. The van der Waals surface area contributed by atoms with E-state index >= 15 is 0 Å². The molecule has 1 aliphatic carbocycles. The van der Waals surface area contributed by atoms with Gasteiger partial charge in [-0.15, -0.1) is 0 Å².